The molecular formula is C30H38FNO5. The third-order valence-corrected chi connectivity index (χ3v) is 7.49. The molecule has 6 nitrogen and oxygen atoms in total. The highest BCUT2D eigenvalue weighted by atomic mass is 19.1. The maximum Gasteiger partial charge on any atom is 0.407 e. The molecule has 4 rings (SSSR count). The average molecular weight is 512 g/mol. The van der Waals surface area contributed by atoms with Gasteiger partial charge in [-0.15, -0.1) is 0 Å². The highest BCUT2D eigenvalue weighted by molar-refractivity contribution is 5.83. The molecule has 0 aromatic heterocycles. The summed E-state index contributed by atoms with van der Waals surface area (Å²) in [7, 11) is 0. The number of ether oxygens (including phenoxy) is 2. The second kappa shape index (κ2) is 10.3. The molecule has 2 saturated carbocycles. The van der Waals surface area contributed by atoms with Gasteiger partial charge in [-0.05, 0) is 101 Å². The number of amides is 1. The molecule has 37 heavy (non-hydrogen) atoms. The van der Waals surface area contributed by atoms with E-state index in [0.29, 0.717) is 28.9 Å². The van der Waals surface area contributed by atoms with Crippen molar-refractivity contribution in [3.05, 3.63) is 53.3 Å². The van der Waals surface area contributed by atoms with Gasteiger partial charge in [-0.1, -0.05) is 24.6 Å². The smallest absolute Gasteiger partial charge is 0.407 e. The average Bonchev–Trinajstić information content (AvgIpc) is 3.19. The van der Waals surface area contributed by atoms with E-state index in [1.807, 2.05) is 32.9 Å². The summed E-state index contributed by atoms with van der Waals surface area (Å²) >= 11 is 0. The van der Waals surface area contributed by atoms with Crippen LogP contribution in [0.1, 0.15) is 90.2 Å². The maximum absolute atomic E-state index is 15.1. The van der Waals surface area contributed by atoms with Gasteiger partial charge in [0.15, 0.2) is 0 Å². The lowest BCUT2D eigenvalue weighted by Gasteiger charge is -2.30. The molecule has 0 unspecified atom stereocenters. The fourth-order valence-corrected chi connectivity index (χ4v) is 5.07. The standard InChI is InChI=1S/C30H38FNO5/c1-29(2,3)37-28(35)32-20-13-14-21(17-20)36-25-15-12-19(30(4,5)27(33)34)16-23(25)22-10-7-11-24(31)26(22)18-8-6-9-18/h7,10-12,15-16,18,20-21H,6,8-9,13-14,17H2,1-5H3,(H,32,35)(H,33,34)/t20-,21-/m1/s1. The monoisotopic (exact) mass is 511 g/mol. The Morgan fingerprint density at radius 1 is 1.00 bits per heavy atom. The van der Waals surface area contributed by atoms with Crippen molar-refractivity contribution in [3.8, 4) is 16.9 Å². The van der Waals surface area contributed by atoms with Gasteiger partial charge in [0.1, 0.15) is 23.3 Å². The van der Waals surface area contributed by atoms with Crippen LogP contribution in [0.2, 0.25) is 0 Å². The molecule has 0 spiro atoms. The minimum Gasteiger partial charge on any atom is -0.490 e. The Balaban J connectivity index is 1.63. The van der Waals surface area contributed by atoms with Crippen molar-refractivity contribution in [1.29, 1.82) is 0 Å². The van der Waals surface area contributed by atoms with Crippen LogP contribution in [0, 0.1) is 5.82 Å². The number of rotatable bonds is 7. The van der Waals surface area contributed by atoms with Gasteiger partial charge in [0.25, 0.3) is 0 Å². The van der Waals surface area contributed by atoms with Crippen molar-refractivity contribution in [3.63, 3.8) is 0 Å². The first-order valence-electron chi connectivity index (χ1n) is 13.2. The fraction of sp³-hybridized carbons (Fsp3) is 0.533. The van der Waals surface area contributed by atoms with E-state index in [4.69, 9.17) is 9.47 Å². The molecule has 2 fully saturated rings. The van der Waals surface area contributed by atoms with E-state index in [-0.39, 0.29) is 23.9 Å². The van der Waals surface area contributed by atoms with Gasteiger partial charge in [0.2, 0.25) is 0 Å². The molecule has 200 valence electrons. The van der Waals surface area contributed by atoms with E-state index in [0.717, 1.165) is 37.7 Å². The summed E-state index contributed by atoms with van der Waals surface area (Å²) in [6.45, 7) is 8.81. The molecule has 2 aromatic carbocycles. The molecule has 0 bridgehead atoms. The number of carboxylic acids is 1. The van der Waals surface area contributed by atoms with Crippen molar-refractivity contribution in [1.82, 2.24) is 5.32 Å². The number of alkyl carbamates (subject to hydrolysis) is 1. The highest BCUT2D eigenvalue weighted by Gasteiger charge is 2.34. The molecule has 2 N–H and O–H groups in total. The van der Waals surface area contributed by atoms with Crippen LogP contribution in [-0.4, -0.2) is 34.9 Å². The van der Waals surface area contributed by atoms with E-state index in [1.54, 1.807) is 32.0 Å². The molecule has 0 radical (unpaired) electrons. The van der Waals surface area contributed by atoms with Crippen molar-refractivity contribution < 1.29 is 28.6 Å². The second-order valence-electron chi connectivity index (χ2n) is 11.9. The number of nitrogens with one attached hydrogen (secondary N) is 1. The van der Waals surface area contributed by atoms with E-state index in [9.17, 15) is 14.7 Å². The predicted octanol–water partition coefficient (Wildman–Crippen LogP) is 6.95. The van der Waals surface area contributed by atoms with Gasteiger partial charge in [-0.25, -0.2) is 9.18 Å². The SMILES string of the molecule is CC(C)(C)OC(=O)N[C@@H]1CC[C@@H](Oc2ccc(C(C)(C)C(=O)O)cc2-c2cccc(F)c2C2CCC2)C1. The zero-order valence-electron chi connectivity index (χ0n) is 22.4. The number of aliphatic carboxylic acids is 1. The maximum atomic E-state index is 15.1. The summed E-state index contributed by atoms with van der Waals surface area (Å²) in [5.74, 6) is -0.427. The predicted molar refractivity (Wildman–Crippen MR) is 141 cm³/mol. The van der Waals surface area contributed by atoms with Gasteiger partial charge >= 0.3 is 12.1 Å². The normalized spacial score (nSPS) is 20.3. The Morgan fingerprint density at radius 3 is 2.35 bits per heavy atom. The van der Waals surface area contributed by atoms with Crippen molar-refractivity contribution in [2.24, 2.45) is 0 Å². The first-order chi connectivity index (χ1) is 17.3. The van der Waals surface area contributed by atoms with Crippen molar-refractivity contribution in [2.45, 2.75) is 102 Å². The molecule has 2 aliphatic rings. The molecular weight excluding hydrogens is 473 g/mol. The van der Waals surface area contributed by atoms with Gasteiger partial charge in [-0.2, -0.15) is 0 Å². The lowest BCUT2D eigenvalue weighted by atomic mass is 9.76. The number of benzene rings is 2. The van der Waals surface area contributed by atoms with Gasteiger partial charge in [0.05, 0.1) is 5.41 Å². The van der Waals surface area contributed by atoms with Crippen LogP contribution in [0.3, 0.4) is 0 Å². The number of carbonyl (C=O) groups is 2. The molecule has 2 aliphatic carbocycles. The quantitative estimate of drug-likeness (QED) is 0.420. The zero-order chi connectivity index (χ0) is 27.0. The molecule has 0 saturated heterocycles. The Kier molecular flexibility index (Phi) is 7.54. The number of halogens is 1. The van der Waals surface area contributed by atoms with Gasteiger partial charge in [-0.3, -0.25) is 4.79 Å². The number of carbonyl (C=O) groups excluding carboxylic acids is 1. The number of hydrogen-bond acceptors (Lipinski definition) is 4. The molecule has 0 aliphatic heterocycles. The summed E-state index contributed by atoms with van der Waals surface area (Å²) in [4.78, 5) is 24.2. The van der Waals surface area contributed by atoms with Gasteiger partial charge < -0.3 is 19.9 Å². The topological polar surface area (TPSA) is 84.9 Å². The summed E-state index contributed by atoms with van der Waals surface area (Å²) in [5.41, 5.74) is 1.08. The summed E-state index contributed by atoms with van der Waals surface area (Å²) in [6, 6.07) is 10.5. The second-order valence-corrected chi connectivity index (χ2v) is 11.9. The van der Waals surface area contributed by atoms with Crippen molar-refractivity contribution >= 4 is 12.1 Å². The number of carboxylic acid groups (broad SMARTS) is 1. The zero-order valence-corrected chi connectivity index (χ0v) is 22.4. The first kappa shape index (κ1) is 27.0. The van der Waals surface area contributed by atoms with Crippen LogP contribution in [0.5, 0.6) is 5.75 Å². The fourth-order valence-electron chi connectivity index (χ4n) is 5.07. The highest BCUT2D eigenvalue weighted by Crippen LogP contribution is 2.46. The third kappa shape index (κ3) is 6.08. The van der Waals surface area contributed by atoms with Crippen LogP contribution in [-0.2, 0) is 14.9 Å². The minimum absolute atomic E-state index is 0.0618. The first-order valence-corrected chi connectivity index (χ1v) is 13.2. The van der Waals surface area contributed by atoms with Crippen LogP contribution in [0.4, 0.5) is 9.18 Å². The Hall–Kier alpha value is -3.09. The van der Waals surface area contributed by atoms with E-state index < -0.39 is 23.1 Å². The third-order valence-electron chi connectivity index (χ3n) is 7.49. The molecule has 2 atom stereocenters. The Morgan fingerprint density at radius 2 is 1.73 bits per heavy atom. The lowest BCUT2D eigenvalue weighted by molar-refractivity contribution is -0.142. The van der Waals surface area contributed by atoms with E-state index in [2.05, 4.69) is 5.32 Å². The minimum atomic E-state index is -1.12. The van der Waals surface area contributed by atoms with E-state index >= 15 is 4.39 Å². The summed E-state index contributed by atoms with van der Waals surface area (Å²) < 4.78 is 27.0. The summed E-state index contributed by atoms with van der Waals surface area (Å²) in [5, 5.41) is 12.8. The van der Waals surface area contributed by atoms with Crippen molar-refractivity contribution in [2.75, 3.05) is 0 Å². The summed E-state index contributed by atoms with van der Waals surface area (Å²) in [6.07, 6.45) is 4.50. The Bertz CT molecular complexity index is 1170. The van der Waals surface area contributed by atoms with Crippen LogP contribution in [0.15, 0.2) is 36.4 Å². The van der Waals surface area contributed by atoms with E-state index in [1.165, 1.54) is 6.07 Å². The van der Waals surface area contributed by atoms with Gasteiger partial charge in [0, 0.05) is 18.0 Å². The largest absolute Gasteiger partial charge is 0.490 e. The van der Waals surface area contributed by atoms with Crippen LogP contribution < -0.4 is 10.1 Å². The molecule has 0 heterocycles. The lowest BCUT2D eigenvalue weighted by Crippen LogP contribution is -2.38. The molecule has 7 heteroatoms. The number of hydrogen-bond donors (Lipinski definition) is 2. The van der Waals surface area contributed by atoms with Crippen LogP contribution >= 0.6 is 0 Å². The Labute approximate surface area is 218 Å². The molecule has 2 aromatic rings. The van der Waals surface area contributed by atoms with Crippen LogP contribution in [0.25, 0.3) is 11.1 Å². The molecule has 1 amide bonds.